The molecule has 0 amide bonds. The topological polar surface area (TPSA) is 62.7 Å². The van der Waals surface area contributed by atoms with Gasteiger partial charge >= 0.3 is 5.97 Å². The van der Waals surface area contributed by atoms with Crippen molar-refractivity contribution in [3.8, 4) is 0 Å². The molecule has 1 aromatic heterocycles. The largest absolute Gasteiger partial charge is 0.481 e. The molecule has 2 rings (SSSR count). The number of hydrogen-bond acceptors (Lipinski definition) is 5. The van der Waals surface area contributed by atoms with Gasteiger partial charge in [-0.1, -0.05) is 0 Å². The SMILES string of the molecule is Cc1nc(CN2CCC(OCCC(=O)O)CC2)sc1C. The molecule has 0 bridgehead atoms. The minimum absolute atomic E-state index is 0.0951. The molecule has 0 spiro atoms. The number of rotatable bonds is 6. The number of carbonyl (C=O) groups is 1. The number of thiazole rings is 1. The van der Waals surface area contributed by atoms with Gasteiger partial charge in [-0.15, -0.1) is 11.3 Å². The van der Waals surface area contributed by atoms with Crippen LogP contribution in [-0.2, 0) is 16.1 Å². The van der Waals surface area contributed by atoms with Crippen LogP contribution in [0, 0.1) is 13.8 Å². The molecule has 5 nitrogen and oxygen atoms in total. The Hall–Kier alpha value is -0.980. The number of piperidine rings is 1. The first kappa shape index (κ1) is 15.4. The summed E-state index contributed by atoms with van der Waals surface area (Å²) < 4.78 is 5.60. The monoisotopic (exact) mass is 298 g/mol. The van der Waals surface area contributed by atoms with E-state index in [9.17, 15) is 4.79 Å². The first-order valence-corrected chi connectivity index (χ1v) is 7.85. The van der Waals surface area contributed by atoms with Gasteiger partial charge in [0.2, 0.25) is 0 Å². The summed E-state index contributed by atoms with van der Waals surface area (Å²) >= 11 is 1.78. The van der Waals surface area contributed by atoms with Crippen molar-refractivity contribution in [1.82, 2.24) is 9.88 Å². The lowest BCUT2D eigenvalue weighted by atomic mass is 10.1. The molecule has 1 fully saturated rings. The Labute approximate surface area is 123 Å². The third kappa shape index (κ3) is 4.54. The summed E-state index contributed by atoms with van der Waals surface area (Å²) in [6.45, 7) is 7.40. The molecule has 1 aromatic rings. The molecular weight excluding hydrogens is 276 g/mol. The van der Waals surface area contributed by atoms with Gasteiger partial charge < -0.3 is 9.84 Å². The van der Waals surface area contributed by atoms with Crippen LogP contribution in [0.25, 0.3) is 0 Å². The van der Waals surface area contributed by atoms with Gasteiger partial charge in [0, 0.05) is 18.0 Å². The van der Waals surface area contributed by atoms with Gasteiger partial charge in [0.1, 0.15) is 5.01 Å². The number of aliphatic carboxylic acids is 1. The Morgan fingerprint density at radius 2 is 2.15 bits per heavy atom. The van der Waals surface area contributed by atoms with Crippen molar-refractivity contribution in [3.63, 3.8) is 0 Å². The van der Waals surface area contributed by atoms with Crippen molar-refractivity contribution in [1.29, 1.82) is 0 Å². The van der Waals surface area contributed by atoms with E-state index in [1.165, 1.54) is 9.88 Å². The highest BCUT2D eigenvalue weighted by Gasteiger charge is 2.20. The minimum Gasteiger partial charge on any atom is -0.481 e. The van der Waals surface area contributed by atoms with E-state index in [-0.39, 0.29) is 12.5 Å². The second-order valence-electron chi connectivity index (χ2n) is 5.24. The van der Waals surface area contributed by atoms with E-state index in [2.05, 4.69) is 23.7 Å². The highest BCUT2D eigenvalue weighted by atomic mass is 32.1. The van der Waals surface area contributed by atoms with Gasteiger partial charge in [-0.05, 0) is 26.7 Å². The van der Waals surface area contributed by atoms with E-state index in [1.807, 2.05) is 0 Å². The summed E-state index contributed by atoms with van der Waals surface area (Å²) in [6, 6.07) is 0. The van der Waals surface area contributed by atoms with Crippen LogP contribution in [0.1, 0.15) is 34.8 Å². The molecule has 0 saturated carbocycles. The summed E-state index contributed by atoms with van der Waals surface area (Å²) in [5.41, 5.74) is 1.14. The summed E-state index contributed by atoms with van der Waals surface area (Å²) in [4.78, 5) is 18.7. The number of carboxylic acids is 1. The fourth-order valence-corrected chi connectivity index (χ4v) is 3.32. The summed E-state index contributed by atoms with van der Waals surface area (Å²) in [7, 11) is 0. The molecule has 0 unspecified atom stereocenters. The number of aryl methyl sites for hydroxylation is 2. The molecule has 1 aliphatic heterocycles. The van der Waals surface area contributed by atoms with Gasteiger partial charge in [-0.25, -0.2) is 4.98 Å². The molecule has 0 atom stereocenters. The predicted molar refractivity (Wildman–Crippen MR) is 78.1 cm³/mol. The normalized spacial score (nSPS) is 17.5. The van der Waals surface area contributed by atoms with Crippen LogP contribution < -0.4 is 0 Å². The molecule has 1 aliphatic rings. The maximum atomic E-state index is 10.4. The van der Waals surface area contributed by atoms with E-state index in [4.69, 9.17) is 9.84 Å². The van der Waals surface area contributed by atoms with Crippen LogP contribution in [-0.4, -0.2) is 46.8 Å². The smallest absolute Gasteiger partial charge is 0.305 e. The maximum absolute atomic E-state index is 10.4. The lowest BCUT2D eigenvalue weighted by Crippen LogP contribution is -2.36. The number of hydrogen-bond donors (Lipinski definition) is 1. The highest BCUT2D eigenvalue weighted by Crippen LogP contribution is 2.21. The van der Waals surface area contributed by atoms with E-state index < -0.39 is 5.97 Å². The van der Waals surface area contributed by atoms with Gasteiger partial charge in [-0.2, -0.15) is 0 Å². The van der Waals surface area contributed by atoms with Crippen molar-refractivity contribution in [3.05, 3.63) is 15.6 Å². The van der Waals surface area contributed by atoms with Crippen LogP contribution >= 0.6 is 11.3 Å². The van der Waals surface area contributed by atoms with Crippen LogP contribution in [0.4, 0.5) is 0 Å². The molecule has 2 heterocycles. The van der Waals surface area contributed by atoms with Crippen LogP contribution in [0.3, 0.4) is 0 Å². The fourth-order valence-electron chi connectivity index (χ4n) is 2.35. The average molecular weight is 298 g/mol. The number of ether oxygens (including phenoxy) is 1. The minimum atomic E-state index is -0.794. The van der Waals surface area contributed by atoms with E-state index >= 15 is 0 Å². The van der Waals surface area contributed by atoms with Gasteiger partial charge in [-0.3, -0.25) is 9.69 Å². The Morgan fingerprint density at radius 1 is 1.45 bits per heavy atom. The zero-order valence-corrected chi connectivity index (χ0v) is 12.9. The fraction of sp³-hybridized carbons (Fsp3) is 0.714. The van der Waals surface area contributed by atoms with Gasteiger partial charge in [0.25, 0.3) is 0 Å². The van der Waals surface area contributed by atoms with Crippen molar-refractivity contribution >= 4 is 17.3 Å². The third-order valence-corrected chi connectivity index (χ3v) is 4.69. The average Bonchev–Trinajstić information content (AvgIpc) is 2.70. The molecule has 1 saturated heterocycles. The molecule has 20 heavy (non-hydrogen) atoms. The van der Waals surface area contributed by atoms with Crippen LogP contribution in [0.15, 0.2) is 0 Å². The maximum Gasteiger partial charge on any atom is 0.305 e. The quantitative estimate of drug-likeness (QED) is 0.872. The second kappa shape index (κ2) is 7.15. The Bertz CT molecular complexity index is 434. The number of aromatic nitrogens is 1. The molecule has 1 N–H and O–H groups in total. The van der Waals surface area contributed by atoms with Crippen molar-refractivity contribution < 1.29 is 14.6 Å². The van der Waals surface area contributed by atoms with Gasteiger partial charge in [0.15, 0.2) is 0 Å². The van der Waals surface area contributed by atoms with Crippen LogP contribution in [0.5, 0.6) is 0 Å². The van der Waals surface area contributed by atoms with E-state index in [1.54, 1.807) is 11.3 Å². The van der Waals surface area contributed by atoms with E-state index in [0.29, 0.717) is 6.61 Å². The zero-order chi connectivity index (χ0) is 14.5. The van der Waals surface area contributed by atoms with Crippen molar-refractivity contribution in [2.45, 2.75) is 45.8 Å². The lowest BCUT2D eigenvalue weighted by Gasteiger charge is -2.31. The molecule has 0 radical (unpaired) electrons. The molecule has 6 heteroatoms. The first-order valence-electron chi connectivity index (χ1n) is 7.03. The van der Waals surface area contributed by atoms with Crippen molar-refractivity contribution in [2.75, 3.05) is 19.7 Å². The first-order chi connectivity index (χ1) is 9.54. The zero-order valence-electron chi connectivity index (χ0n) is 12.1. The molecule has 0 aromatic carbocycles. The van der Waals surface area contributed by atoms with Crippen molar-refractivity contribution in [2.24, 2.45) is 0 Å². The van der Waals surface area contributed by atoms with E-state index in [0.717, 1.165) is 38.2 Å². The standard InChI is InChI=1S/C14H22N2O3S/c1-10-11(2)20-13(15-10)9-16-6-3-12(4-7-16)19-8-5-14(17)18/h12H,3-9H2,1-2H3,(H,17,18). The Balaban J connectivity index is 1.70. The Morgan fingerprint density at radius 3 is 2.70 bits per heavy atom. The van der Waals surface area contributed by atoms with Crippen LogP contribution in [0.2, 0.25) is 0 Å². The molecular formula is C14H22N2O3S. The number of carboxylic acid groups (broad SMARTS) is 1. The molecule has 112 valence electrons. The second-order valence-corrected chi connectivity index (χ2v) is 6.53. The van der Waals surface area contributed by atoms with Gasteiger partial charge in [0.05, 0.1) is 31.4 Å². The predicted octanol–water partition coefficient (Wildman–Crippen LogP) is 2.22. The third-order valence-electron chi connectivity index (χ3n) is 3.64. The number of likely N-dealkylation sites (tertiary alicyclic amines) is 1. The number of nitrogens with zero attached hydrogens (tertiary/aromatic N) is 2. The molecule has 0 aliphatic carbocycles. The highest BCUT2D eigenvalue weighted by molar-refractivity contribution is 7.11. The Kier molecular flexibility index (Phi) is 5.51. The summed E-state index contributed by atoms with van der Waals surface area (Å²) in [6.07, 6.45) is 2.26. The lowest BCUT2D eigenvalue weighted by molar-refractivity contribution is -0.138. The summed E-state index contributed by atoms with van der Waals surface area (Å²) in [5.74, 6) is -0.794. The summed E-state index contributed by atoms with van der Waals surface area (Å²) in [5, 5.41) is 9.76.